The molecular weight excluding hydrogens is 194 g/mol. The van der Waals surface area contributed by atoms with Gasteiger partial charge < -0.3 is 13.8 Å². The van der Waals surface area contributed by atoms with E-state index < -0.39 is 10.0 Å². The minimum atomic E-state index is -0.589. The molecule has 1 heterocycles. The molecule has 1 aliphatic rings. The highest BCUT2D eigenvalue weighted by Gasteiger charge is 2.14. The third kappa shape index (κ3) is 12.1. The predicted molar refractivity (Wildman–Crippen MR) is 63.1 cm³/mol. The first-order chi connectivity index (χ1) is 6.85. The first-order valence-corrected chi connectivity index (χ1v) is 6.88. The number of unbranched alkanes of at least 4 members (excludes halogenated alkanes) is 1. The Labute approximate surface area is 90.8 Å². The second-order valence-electron chi connectivity index (χ2n) is 3.30. The fourth-order valence-corrected chi connectivity index (χ4v) is 1.35. The molecule has 1 fully saturated rings. The largest absolute Gasteiger partial charge is 0.399 e. The van der Waals surface area contributed by atoms with Crippen molar-refractivity contribution in [1.82, 2.24) is 4.90 Å². The van der Waals surface area contributed by atoms with E-state index in [9.17, 15) is 0 Å². The highest BCUT2D eigenvalue weighted by molar-refractivity contribution is 6.17. The van der Waals surface area contributed by atoms with E-state index in [1.165, 1.54) is 32.5 Å². The van der Waals surface area contributed by atoms with Gasteiger partial charge in [0, 0.05) is 26.3 Å². The van der Waals surface area contributed by atoms with Crippen LogP contribution < -0.4 is 0 Å². The average molecular weight is 219 g/mol. The minimum absolute atomic E-state index is 0.589. The van der Waals surface area contributed by atoms with Crippen LogP contribution in [0.2, 0.25) is 0 Å². The van der Waals surface area contributed by atoms with Crippen LogP contribution in [0.15, 0.2) is 0 Å². The van der Waals surface area contributed by atoms with Gasteiger partial charge in [0.05, 0.1) is 0 Å². The Morgan fingerprint density at radius 2 is 1.64 bits per heavy atom. The molecule has 0 bridgehead atoms. The van der Waals surface area contributed by atoms with Crippen molar-refractivity contribution in [3.05, 3.63) is 0 Å². The summed E-state index contributed by atoms with van der Waals surface area (Å²) in [6.07, 6.45) is 2.73. The summed E-state index contributed by atoms with van der Waals surface area (Å²) in [5.74, 6) is 0. The molecular formula is C10H25NO2Si. The zero-order valence-electron chi connectivity index (χ0n) is 9.92. The van der Waals surface area contributed by atoms with Crippen LogP contribution in [0.4, 0.5) is 0 Å². The Hall–Kier alpha value is 0.0969. The Morgan fingerprint density at radius 3 is 2.00 bits per heavy atom. The first-order valence-electron chi connectivity index (χ1n) is 5.72. The van der Waals surface area contributed by atoms with Crippen molar-refractivity contribution >= 4 is 10.0 Å². The van der Waals surface area contributed by atoms with Crippen LogP contribution in [0.5, 0.6) is 0 Å². The molecule has 0 aromatic heterocycles. The lowest BCUT2D eigenvalue weighted by atomic mass is 10.3. The highest BCUT2D eigenvalue weighted by atomic mass is 28.3. The normalized spacial score (nSPS) is 14.8. The van der Waals surface area contributed by atoms with Crippen molar-refractivity contribution in [2.45, 2.75) is 33.6 Å². The van der Waals surface area contributed by atoms with Crippen LogP contribution in [-0.2, 0) is 8.85 Å². The van der Waals surface area contributed by atoms with E-state index >= 15 is 0 Å². The molecule has 0 spiro atoms. The van der Waals surface area contributed by atoms with Crippen LogP contribution in [0.3, 0.4) is 0 Å². The number of nitrogens with zero attached hydrogens (tertiary/aromatic N) is 1. The van der Waals surface area contributed by atoms with Crippen LogP contribution >= 0.6 is 0 Å². The quantitative estimate of drug-likeness (QED) is 0.364. The van der Waals surface area contributed by atoms with E-state index in [1.807, 2.05) is 13.8 Å². The molecule has 1 rings (SSSR count). The maximum atomic E-state index is 4.99. The summed E-state index contributed by atoms with van der Waals surface area (Å²) in [6, 6.07) is 0. The van der Waals surface area contributed by atoms with Crippen molar-refractivity contribution in [2.24, 2.45) is 0 Å². The van der Waals surface area contributed by atoms with Crippen LogP contribution in [-0.4, -0.2) is 47.8 Å². The third-order valence-electron chi connectivity index (χ3n) is 1.94. The summed E-state index contributed by atoms with van der Waals surface area (Å²) in [5.41, 5.74) is 0. The Balaban J connectivity index is 0.000000241. The van der Waals surface area contributed by atoms with Crippen molar-refractivity contribution in [3.63, 3.8) is 0 Å². The molecule has 0 aromatic rings. The molecule has 0 atom stereocenters. The van der Waals surface area contributed by atoms with E-state index in [0.717, 1.165) is 13.2 Å². The van der Waals surface area contributed by atoms with Crippen molar-refractivity contribution < 1.29 is 8.85 Å². The molecule has 0 radical (unpaired) electrons. The van der Waals surface area contributed by atoms with E-state index in [1.54, 1.807) is 0 Å². The van der Waals surface area contributed by atoms with Crippen LogP contribution in [0, 0.1) is 0 Å². The zero-order chi connectivity index (χ0) is 10.6. The maximum absolute atomic E-state index is 4.99. The van der Waals surface area contributed by atoms with Crippen LogP contribution in [0.25, 0.3) is 0 Å². The summed E-state index contributed by atoms with van der Waals surface area (Å²) in [6.45, 7) is 11.9. The van der Waals surface area contributed by atoms with Gasteiger partial charge in [0.15, 0.2) is 0 Å². The molecule has 0 saturated carbocycles. The lowest BCUT2D eigenvalue weighted by Gasteiger charge is -1.96. The van der Waals surface area contributed by atoms with Gasteiger partial charge in [-0.2, -0.15) is 0 Å². The lowest BCUT2D eigenvalue weighted by molar-refractivity contribution is 0.240. The summed E-state index contributed by atoms with van der Waals surface area (Å²) < 4.78 is 9.98. The number of hydrogen-bond acceptors (Lipinski definition) is 3. The SMILES string of the molecule is CCCCN1CC1.CCO[SiH2]OCC. The summed E-state index contributed by atoms with van der Waals surface area (Å²) >= 11 is 0. The van der Waals surface area contributed by atoms with Gasteiger partial charge in [-0.05, 0) is 26.8 Å². The topological polar surface area (TPSA) is 21.5 Å². The smallest absolute Gasteiger partial charge is 0.304 e. The molecule has 1 saturated heterocycles. The summed E-state index contributed by atoms with van der Waals surface area (Å²) in [4.78, 5) is 2.46. The van der Waals surface area contributed by atoms with Gasteiger partial charge in [-0.3, -0.25) is 0 Å². The maximum Gasteiger partial charge on any atom is 0.304 e. The highest BCUT2D eigenvalue weighted by Crippen LogP contribution is 2.04. The van der Waals surface area contributed by atoms with Gasteiger partial charge in [0.1, 0.15) is 0 Å². The molecule has 0 aromatic carbocycles. The molecule has 3 nitrogen and oxygen atoms in total. The molecule has 14 heavy (non-hydrogen) atoms. The van der Waals surface area contributed by atoms with E-state index in [-0.39, 0.29) is 0 Å². The lowest BCUT2D eigenvalue weighted by Crippen LogP contribution is -2.02. The van der Waals surface area contributed by atoms with Crippen LogP contribution in [0.1, 0.15) is 33.6 Å². The van der Waals surface area contributed by atoms with Crippen molar-refractivity contribution in [3.8, 4) is 0 Å². The second-order valence-corrected chi connectivity index (χ2v) is 4.35. The Kier molecular flexibility index (Phi) is 11.3. The second kappa shape index (κ2) is 11.2. The standard InChI is InChI=1S/C6H13N.C4H12O2Si/c1-2-3-4-7-5-6-7;1-3-5-7-6-4-2/h2-6H2,1H3;3-4,7H2,1-2H3. The van der Waals surface area contributed by atoms with E-state index in [0.29, 0.717) is 0 Å². The van der Waals surface area contributed by atoms with E-state index in [4.69, 9.17) is 8.85 Å². The number of rotatable bonds is 7. The first kappa shape index (κ1) is 14.1. The summed E-state index contributed by atoms with van der Waals surface area (Å²) in [7, 11) is -0.589. The van der Waals surface area contributed by atoms with Gasteiger partial charge in [0.2, 0.25) is 0 Å². The molecule has 0 aliphatic carbocycles. The number of hydrogen-bond donors (Lipinski definition) is 0. The monoisotopic (exact) mass is 219 g/mol. The third-order valence-corrected chi connectivity index (χ3v) is 3.09. The molecule has 1 aliphatic heterocycles. The Morgan fingerprint density at radius 1 is 1.07 bits per heavy atom. The molecule has 0 amide bonds. The fraction of sp³-hybridized carbons (Fsp3) is 1.00. The van der Waals surface area contributed by atoms with Gasteiger partial charge in [-0.15, -0.1) is 0 Å². The van der Waals surface area contributed by atoms with Gasteiger partial charge in [-0.1, -0.05) is 13.3 Å². The van der Waals surface area contributed by atoms with Crippen molar-refractivity contribution in [2.75, 3.05) is 32.8 Å². The fourth-order valence-electron chi connectivity index (χ4n) is 0.902. The van der Waals surface area contributed by atoms with Gasteiger partial charge in [-0.25, -0.2) is 0 Å². The predicted octanol–water partition coefficient (Wildman–Crippen LogP) is 1.16. The van der Waals surface area contributed by atoms with E-state index in [2.05, 4.69) is 11.8 Å². The van der Waals surface area contributed by atoms with Gasteiger partial charge in [0.25, 0.3) is 0 Å². The van der Waals surface area contributed by atoms with Crippen molar-refractivity contribution in [1.29, 1.82) is 0 Å². The average Bonchev–Trinajstić information content (AvgIpc) is 3.00. The summed E-state index contributed by atoms with van der Waals surface area (Å²) in [5, 5.41) is 0. The zero-order valence-corrected chi connectivity index (χ0v) is 11.3. The molecule has 0 unspecified atom stereocenters. The Bertz CT molecular complexity index is 106. The molecule has 4 heteroatoms. The molecule has 0 N–H and O–H groups in total. The minimum Gasteiger partial charge on any atom is -0.399 e. The molecule has 86 valence electrons. The van der Waals surface area contributed by atoms with Gasteiger partial charge >= 0.3 is 10.0 Å².